The number of fused-ring (bicyclic) bond motifs is 5. The van der Waals surface area contributed by atoms with Crippen LogP contribution in [-0.2, 0) is 22.6 Å². The molecule has 36 heavy (non-hydrogen) atoms. The Morgan fingerprint density at radius 2 is 1.56 bits per heavy atom. The fourth-order valence-corrected chi connectivity index (χ4v) is 5.27. The maximum absolute atomic E-state index is 13.0. The average Bonchev–Trinajstić information content (AvgIpc) is 3.30. The van der Waals surface area contributed by atoms with E-state index in [2.05, 4.69) is 31.2 Å². The average molecular weight is 486 g/mol. The Labute approximate surface area is 211 Å². The minimum absolute atomic E-state index is 0.0279. The van der Waals surface area contributed by atoms with Crippen molar-refractivity contribution in [1.82, 2.24) is 15.3 Å². The number of hydrogen-bond donors (Lipinski definition) is 1. The van der Waals surface area contributed by atoms with Gasteiger partial charge < -0.3 is 24.6 Å². The normalized spacial score (nSPS) is 22.3. The number of anilines is 2. The lowest BCUT2D eigenvalue weighted by atomic mass is 10.1. The summed E-state index contributed by atoms with van der Waals surface area (Å²) in [4.78, 5) is 26.6. The molecule has 4 bridgehead atoms. The number of nitrogens with one attached hydrogen (secondary N) is 1. The van der Waals surface area contributed by atoms with E-state index in [1.54, 1.807) is 6.33 Å². The third-order valence-corrected chi connectivity index (χ3v) is 7.12. The van der Waals surface area contributed by atoms with Gasteiger partial charge in [0.2, 0.25) is 5.91 Å². The Balaban J connectivity index is 1.25. The fourth-order valence-electron chi connectivity index (χ4n) is 5.27. The van der Waals surface area contributed by atoms with Crippen LogP contribution in [0.2, 0.25) is 0 Å². The summed E-state index contributed by atoms with van der Waals surface area (Å²) < 4.78 is 12.4. The number of ether oxygens (including phenoxy) is 2. The Kier molecular flexibility index (Phi) is 6.42. The SMILES string of the molecule is O=C1Cc2cccc(c2)Oc2cccc(c2)CO[C@H]2CN(c3cc(N4CCCCC4)ncn3)C[C@@H]2N1. The first-order valence-corrected chi connectivity index (χ1v) is 12.8. The summed E-state index contributed by atoms with van der Waals surface area (Å²) in [6, 6.07) is 17.6. The molecule has 186 valence electrons. The third-order valence-electron chi connectivity index (χ3n) is 7.12. The molecule has 0 saturated carbocycles. The van der Waals surface area contributed by atoms with Crippen molar-refractivity contribution in [3.63, 3.8) is 0 Å². The maximum Gasteiger partial charge on any atom is 0.224 e. The summed E-state index contributed by atoms with van der Waals surface area (Å²) in [5, 5.41) is 3.23. The van der Waals surface area contributed by atoms with E-state index in [-0.39, 0.29) is 24.5 Å². The molecule has 0 aliphatic carbocycles. The summed E-state index contributed by atoms with van der Waals surface area (Å²) >= 11 is 0. The van der Waals surface area contributed by atoms with E-state index >= 15 is 0 Å². The Bertz CT molecular complexity index is 1230. The van der Waals surface area contributed by atoms with E-state index in [0.29, 0.717) is 25.4 Å². The van der Waals surface area contributed by atoms with Crippen LogP contribution in [0.5, 0.6) is 11.5 Å². The van der Waals surface area contributed by atoms with Crippen molar-refractivity contribution >= 4 is 17.5 Å². The van der Waals surface area contributed by atoms with Crippen LogP contribution in [0.4, 0.5) is 11.6 Å². The zero-order valence-corrected chi connectivity index (χ0v) is 20.3. The monoisotopic (exact) mass is 485 g/mol. The second kappa shape index (κ2) is 10.1. The number of aromatic nitrogens is 2. The van der Waals surface area contributed by atoms with Crippen LogP contribution in [0.15, 0.2) is 60.9 Å². The molecule has 1 amide bonds. The highest BCUT2D eigenvalue weighted by molar-refractivity contribution is 5.79. The van der Waals surface area contributed by atoms with Gasteiger partial charge in [0.05, 0.1) is 25.2 Å². The highest BCUT2D eigenvalue weighted by Gasteiger charge is 2.36. The van der Waals surface area contributed by atoms with Gasteiger partial charge >= 0.3 is 0 Å². The molecule has 0 unspecified atom stereocenters. The van der Waals surface area contributed by atoms with Gasteiger partial charge in [-0.05, 0) is 54.7 Å². The van der Waals surface area contributed by atoms with Crippen molar-refractivity contribution in [2.75, 3.05) is 36.0 Å². The van der Waals surface area contributed by atoms with Crippen LogP contribution in [-0.4, -0.2) is 54.2 Å². The van der Waals surface area contributed by atoms with E-state index in [1.165, 1.54) is 19.3 Å². The van der Waals surface area contributed by atoms with Gasteiger partial charge in [0, 0.05) is 32.2 Å². The minimum Gasteiger partial charge on any atom is -0.457 e. The summed E-state index contributed by atoms with van der Waals surface area (Å²) in [6.45, 7) is 3.78. The van der Waals surface area contributed by atoms with Crippen molar-refractivity contribution in [3.8, 4) is 11.5 Å². The van der Waals surface area contributed by atoms with Crippen molar-refractivity contribution in [3.05, 3.63) is 72.1 Å². The molecule has 3 aliphatic heterocycles. The van der Waals surface area contributed by atoms with Crippen LogP contribution < -0.4 is 19.9 Å². The molecule has 2 aromatic carbocycles. The standard InChI is InChI=1S/C28H31N5O3/c34-28-14-20-6-4-8-22(12-20)36-23-9-5-7-21(13-23)18-35-25-17-33(16-24(25)31-28)27-15-26(29-19-30-27)32-10-2-1-3-11-32/h4-9,12-13,15,19,24-25H,1-3,10-11,14,16-18H2,(H,31,34)/t24-,25-/m0/s1. The van der Waals surface area contributed by atoms with Crippen LogP contribution in [0, 0.1) is 0 Å². The van der Waals surface area contributed by atoms with Gasteiger partial charge in [0.15, 0.2) is 0 Å². The van der Waals surface area contributed by atoms with Crippen molar-refractivity contribution in [2.45, 2.75) is 44.4 Å². The lowest BCUT2D eigenvalue weighted by Crippen LogP contribution is -2.44. The lowest BCUT2D eigenvalue weighted by Gasteiger charge is -2.28. The molecule has 0 spiro atoms. The molecule has 8 heteroatoms. The summed E-state index contributed by atoms with van der Waals surface area (Å²) in [5.74, 6) is 3.29. The molecule has 1 aromatic heterocycles. The first-order valence-electron chi connectivity index (χ1n) is 12.8. The zero-order valence-electron chi connectivity index (χ0n) is 20.3. The lowest BCUT2D eigenvalue weighted by molar-refractivity contribution is -0.122. The van der Waals surface area contributed by atoms with Crippen LogP contribution in [0.25, 0.3) is 0 Å². The van der Waals surface area contributed by atoms with E-state index in [4.69, 9.17) is 9.47 Å². The van der Waals surface area contributed by atoms with Gasteiger partial charge in [-0.2, -0.15) is 0 Å². The van der Waals surface area contributed by atoms with E-state index < -0.39 is 0 Å². The number of hydrogen-bond acceptors (Lipinski definition) is 7. The molecular weight excluding hydrogens is 454 g/mol. The molecule has 1 N–H and O–H groups in total. The molecule has 0 radical (unpaired) electrons. The van der Waals surface area contributed by atoms with Crippen molar-refractivity contribution in [1.29, 1.82) is 0 Å². The number of benzene rings is 2. The largest absolute Gasteiger partial charge is 0.457 e. The van der Waals surface area contributed by atoms with Crippen LogP contribution in [0.1, 0.15) is 30.4 Å². The Hall–Kier alpha value is -3.65. The maximum atomic E-state index is 13.0. The number of rotatable bonds is 2. The highest BCUT2D eigenvalue weighted by Crippen LogP contribution is 2.27. The molecule has 6 rings (SSSR count). The zero-order chi connectivity index (χ0) is 24.3. The van der Waals surface area contributed by atoms with Gasteiger partial charge in [0.25, 0.3) is 0 Å². The first-order chi connectivity index (χ1) is 17.7. The van der Waals surface area contributed by atoms with Gasteiger partial charge in [-0.3, -0.25) is 4.79 Å². The predicted octanol–water partition coefficient (Wildman–Crippen LogP) is 3.71. The van der Waals surface area contributed by atoms with Gasteiger partial charge in [0.1, 0.15) is 29.5 Å². The quantitative estimate of drug-likeness (QED) is 0.593. The molecule has 2 saturated heterocycles. The van der Waals surface area contributed by atoms with Crippen molar-refractivity contribution < 1.29 is 14.3 Å². The molecule has 8 nitrogen and oxygen atoms in total. The number of amides is 1. The highest BCUT2D eigenvalue weighted by atomic mass is 16.5. The van der Waals surface area contributed by atoms with Gasteiger partial charge in [-0.15, -0.1) is 0 Å². The molecule has 3 aliphatic rings. The van der Waals surface area contributed by atoms with E-state index in [1.807, 2.05) is 48.5 Å². The second-order valence-electron chi connectivity index (χ2n) is 9.78. The van der Waals surface area contributed by atoms with E-state index in [9.17, 15) is 4.79 Å². The van der Waals surface area contributed by atoms with Gasteiger partial charge in [-0.1, -0.05) is 24.3 Å². The second-order valence-corrected chi connectivity index (χ2v) is 9.78. The molecule has 2 atom stereocenters. The number of carbonyl (C=O) groups excluding carboxylic acids is 1. The Morgan fingerprint density at radius 3 is 2.36 bits per heavy atom. The summed E-state index contributed by atoms with van der Waals surface area (Å²) in [5.41, 5.74) is 1.94. The number of nitrogens with zero attached hydrogens (tertiary/aromatic N) is 4. The third kappa shape index (κ3) is 5.14. The van der Waals surface area contributed by atoms with Crippen LogP contribution >= 0.6 is 0 Å². The van der Waals surface area contributed by atoms with Gasteiger partial charge in [-0.25, -0.2) is 9.97 Å². The predicted molar refractivity (Wildman–Crippen MR) is 137 cm³/mol. The van der Waals surface area contributed by atoms with E-state index in [0.717, 1.165) is 41.6 Å². The Morgan fingerprint density at radius 1 is 0.833 bits per heavy atom. The molecule has 3 aromatic rings. The van der Waals surface area contributed by atoms with Crippen LogP contribution in [0.3, 0.4) is 0 Å². The molecule has 2 fully saturated rings. The fraction of sp³-hybridized carbons (Fsp3) is 0.393. The first kappa shape index (κ1) is 22.8. The summed E-state index contributed by atoms with van der Waals surface area (Å²) in [7, 11) is 0. The number of piperidine rings is 1. The molecule has 4 heterocycles. The smallest absolute Gasteiger partial charge is 0.224 e. The molecular formula is C28H31N5O3. The minimum atomic E-state index is -0.166. The topological polar surface area (TPSA) is 79.8 Å². The number of carbonyl (C=O) groups is 1. The van der Waals surface area contributed by atoms with Crippen molar-refractivity contribution in [2.24, 2.45) is 0 Å². The summed E-state index contributed by atoms with van der Waals surface area (Å²) in [6.07, 6.45) is 5.44.